The van der Waals surface area contributed by atoms with Crippen molar-refractivity contribution in [1.82, 2.24) is 18.7 Å². The van der Waals surface area contributed by atoms with Crippen molar-refractivity contribution in [2.45, 2.75) is 11.7 Å². The number of aryl methyl sites for hydroxylation is 1. The van der Waals surface area contributed by atoms with E-state index < -0.39 is 17.0 Å². The van der Waals surface area contributed by atoms with Crippen molar-refractivity contribution in [2.24, 2.45) is 14.1 Å². The number of nitrogens with zero attached hydrogens (tertiary/aromatic N) is 4. The molecule has 8 nitrogen and oxygen atoms in total. The van der Waals surface area contributed by atoms with Gasteiger partial charge in [0.2, 0.25) is 0 Å². The Balaban J connectivity index is 1.66. The maximum absolute atomic E-state index is 13.0. The molecule has 0 aliphatic carbocycles. The zero-order valence-electron chi connectivity index (χ0n) is 17.1. The summed E-state index contributed by atoms with van der Waals surface area (Å²) in [4.78, 5) is 42.8. The van der Waals surface area contributed by atoms with Crippen LogP contribution in [0.25, 0.3) is 11.0 Å². The maximum Gasteiger partial charge on any atom is 0.332 e. The first-order valence-corrected chi connectivity index (χ1v) is 10.6. The predicted molar refractivity (Wildman–Crippen MR) is 122 cm³/mol. The molecular formula is C22H21N5O3S. The number of rotatable bonds is 6. The fourth-order valence-electron chi connectivity index (χ4n) is 3.42. The molecule has 158 valence electrons. The Morgan fingerprint density at radius 1 is 1.00 bits per heavy atom. The van der Waals surface area contributed by atoms with Crippen LogP contribution in [0.15, 0.2) is 69.3 Å². The van der Waals surface area contributed by atoms with Crippen LogP contribution >= 0.6 is 11.8 Å². The molecule has 0 radical (unpaired) electrons. The summed E-state index contributed by atoms with van der Waals surface area (Å²) in [6.07, 6.45) is 0. The van der Waals surface area contributed by atoms with Crippen molar-refractivity contribution in [1.29, 1.82) is 0 Å². The first-order valence-electron chi connectivity index (χ1n) is 9.59. The van der Waals surface area contributed by atoms with E-state index in [4.69, 9.17) is 5.73 Å². The number of para-hydroxylation sites is 2. The first-order chi connectivity index (χ1) is 14.9. The van der Waals surface area contributed by atoms with Crippen LogP contribution in [0.1, 0.15) is 15.9 Å². The molecule has 0 atom stereocenters. The molecule has 0 aliphatic rings. The van der Waals surface area contributed by atoms with Gasteiger partial charge in [0.15, 0.2) is 10.9 Å². The molecule has 4 aromatic rings. The highest BCUT2D eigenvalue weighted by atomic mass is 32.2. The van der Waals surface area contributed by atoms with Crippen LogP contribution in [0.2, 0.25) is 0 Å². The van der Waals surface area contributed by atoms with Gasteiger partial charge in [-0.1, -0.05) is 54.2 Å². The lowest BCUT2D eigenvalue weighted by molar-refractivity contribution is 0.102. The van der Waals surface area contributed by atoms with Crippen LogP contribution in [0, 0.1) is 0 Å². The number of aromatic nitrogens is 4. The predicted octanol–water partition coefficient (Wildman–Crippen LogP) is 2.04. The Kier molecular flexibility index (Phi) is 5.51. The molecule has 2 aromatic carbocycles. The summed E-state index contributed by atoms with van der Waals surface area (Å²) in [5.74, 6) is -0.593. The lowest BCUT2D eigenvalue weighted by Crippen LogP contribution is -2.43. The molecule has 2 aromatic heterocycles. The Labute approximate surface area is 181 Å². The summed E-state index contributed by atoms with van der Waals surface area (Å²) in [7, 11) is 3.22. The van der Waals surface area contributed by atoms with Gasteiger partial charge in [-0.05, 0) is 17.7 Å². The fourth-order valence-corrected chi connectivity index (χ4v) is 4.28. The van der Waals surface area contributed by atoms with Gasteiger partial charge in [-0.3, -0.25) is 18.7 Å². The number of nitrogen functional groups attached to an aromatic ring is 1. The van der Waals surface area contributed by atoms with Gasteiger partial charge in [0.05, 0.1) is 23.3 Å². The van der Waals surface area contributed by atoms with Gasteiger partial charge in [0, 0.05) is 14.1 Å². The fraction of sp³-hybridized carbons (Fsp3) is 0.182. The van der Waals surface area contributed by atoms with Crippen molar-refractivity contribution in [3.8, 4) is 0 Å². The Bertz CT molecular complexity index is 1400. The van der Waals surface area contributed by atoms with Crippen molar-refractivity contribution < 1.29 is 4.79 Å². The average molecular weight is 436 g/mol. The number of hydrogen-bond acceptors (Lipinski definition) is 6. The van der Waals surface area contributed by atoms with E-state index in [-0.39, 0.29) is 23.7 Å². The van der Waals surface area contributed by atoms with Gasteiger partial charge < -0.3 is 10.3 Å². The number of Topliss-reactive ketones (excluding diaryl/α,β-unsaturated/α-hetero) is 1. The standard InChI is InChI=1S/C22H21N5O3S/c1-25-16-11-7-6-10-15(16)24-21(25)31-13-17(28)18-19(23)27(22(30)26(2)20(18)29)12-14-8-4-3-5-9-14/h3-11H,12-13,23H2,1-2H3. The minimum absolute atomic E-state index is 0.0276. The second kappa shape index (κ2) is 8.27. The van der Waals surface area contributed by atoms with E-state index in [1.807, 2.05) is 66.2 Å². The molecule has 0 bridgehead atoms. The molecule has 0 fully saturated rings. The van der Waals surface area contributed by atoms with Crippen molar-refractivity contribution in [3.05, 3.63) is 86.6 Å². The van der Waals surface area contributed by atoms with Gasteiger partial charge in [0.25, 0.3) is 5.56 Å². The number of hydrogen-bond donors (Lipinski definition) is 1. The second-order valence-corrected chi connectivity index (χ2v) is 8.08. The monoisotopic (exact) mass is 435 g/mol. The molecule has 0 saturated heterocycles. The normalized spacial score (nSPS) is 11.2. The minimum atomic E-state index is -0.692. The molecule has 31 heavy (non-hydrogen) atoms. The molecule has 0 spiro atoms. The average Bonchev–Trinajstić information content (AvgIpc) is 3.10. The second-order valence-electron chi connectivity index (χ2n) is 7.13. The number of fused-ring (bicyclic) bond motifs is 1. The summed E-state index contributed by atoms with van der Waals surface area (Å²) < 4.78 is 4.07. The van der Waals surface area contributed by atoms with Crippen molar-refractivity contribution in [3.63, 3.8) is 0 Å². The first kappa shape index (κ1) is 20.7. The van der Waals surface area contributed by atoms with E-state index in [1.54, 1.807) is 0 Å². The van der Waals surface area contributed by atoms with Crippen LogP contribution in [-0.4, -0.2) is 30.2 Å². The topological polar surface area (TPSA) is 105 Å². The largest absolute Gasteiger partial charge is 0.384 e. The molecule has 2 N–H and O–H groups in total. The number of anilines is 1. The number of carbonyl (C=O) groups is 1. The number of carbonyl (C=O) groups excluding carboxylic acids is 1. The van der Waals surface area contributed by atoms with E-state index in [2.05, 4.69) is 4.98 Å². The Morgan fingerprint density at radius 3 is 2.39 bits per heavy atom. The summed E-state index contributed by atoms with van der Waals surface area (Å²) in [6.45, 7) is 0.164. The van der Waals surface area contributed by atoms with Crippen molar-refractivity contribution in [2.75, 3.05) is 11.5 Å². The third-order valence-electron chi connectivity index (χ3n) is 5.12. The van der Waals surface area contributed by atoms with Crippen LogP contribution in [-0.2, 0) is 20.6 Å². The van der Waals surface area contributed by atoms with Gasteiger partial charge in [-0.15, -0.1) is 0 Å². The van der Waals surface area contributed by atoms with E-state index >= 15 is 0 Å². The van der Waals surface area contributed by atoms with Gasteiger partial charge in [-0.2, -0.15) is 0 Å². The highest BCUT2D eigenvalue weighted by Gasteiger charge is 2.22. The van der Waals surface area contributed by atoms with E-state index in [1.165, 1.54) is 23.4 Å². The summed E-state index contributed by atoms with van der Waals surface area (Å²) in [5.41, 5.74) is 7.34. The molecular weight excluding hydrogens is 414 g/mol. The molecule has 9 heteroatoms. The Hall–Kier alpha value is -3.59. The zero-order chi connectivity index (χ0) is 22.1. The van der Waals surface area contributed by atoms with E-state index in [0.29, 0.717) is 5.16 Å². The SMILES string of the molecule is Cn1c(=O)c(C(=O)CSc2nc3ccccc3n2C)c(N)n(Cc2ccccc2)c1=O. The molecule has 0 aliphatic heterocycles. The zero-order valence-corrected chi connectivity index (χ0v) is 17.9. The lowest BCUT2D eigenvalue weighted by atomic mass is 10.2. The third-order valence-corrected chi connectivity index (χ3v) is 6.15. The van der Waals surface area contributed by atoms with Crippen LogP contribution in [0.5, 0.6) is 0 Å². The third kappa shape index (κ3) is 3.79. The summed E-state index contributed by atoms with van der Waals surface area (Å²) in [5, 5.41) is 0.655. The number of imidazole rings is 1. The van der Waals surface area contributed by atoms with Gasteiger partial charge in [0.1, 0.15) is 11.4 Å². The number of benzene rings is 2. The van der Waals surface area contributed by atoms with E-state index in [9.17, 15) is 14.4 Å². The summed E-state index contributed by atoms with van der Waals surface area (Å²) >= 11 is 1.22. The highest BCUT2D eigenvalue weighted by Crippen LogP contribution is 2.23. The van der Waals surface area contributed by atoms with Crippen LogP contribution in [0.4, 0.5) is 5.82 Å². The van der Waals surface area contributed by atoms with Crippen LogP contribution in [0.3, 0.4) is 0 Å². The molecule has 2 heterocycles. The minimum Gasteiger partial charge on any atom is -0.384 e. The number of nitrogens with two attached hydrogens (primary N) is 1. The molecule has 0 amide bonds. The molecule has 4 rings (SSSR count). The molecule has 0 unspecified atom stereocenters. The quantitative estimate of drug-likeness (QED) is 0.367. The number of ketones is 1. The maximum atomic E-state index is 13.0. The highest BCUT2D eigenvalue weighted by molar-refractivity contribution is 7.99. The van der Waals surface area contributed by atoms with Crippen LogP contribution < -0.4 is 17.0 Å². The smallest absolute Gasteiger partial charge is 0.332 e. The van der Waals surface area contributed by atoms with Gasteiger partial charge in [-0.25, -0.2) is 9.78 Å². The van der Waals surface area contributed by atoms with Crippen molar-refractivity contribution >= 4 is 34.4 Å². The molecule has 0 saturated carbocycles. The Morgan fingerprint density at radius 2 is 1.68 bits per heavy atom. The van der Waals surface area contributed by atoms with Gasteiger partial charge >= 0.3 is 5.69 Å². The van der Waals surface area contributed by atoms with E-state index in [0.717, 1.165) is 21.2 Å². The summed E-state index contributed by atoms with van der Waals surface area (Å²) in [6, 6.07) is 16.9. The lowest BCUT2D eigenvalue weighted by Gasteiger charge is -2.14. The number of thioether (sulfide) groups is 1.